The molecular weight excluding hydrogens is 382 g/mol. The monoisotopic (exact) mass is 395 g/mol. The van der Waals surface area contributed by atoms with E-state index in [9.17, 15) is 32.9 Å². The molecule has 1 aliphatic rings. The largest absolute Gasteiger partial charge is 0.298 e. The molecule has 1 aromatic rings. The molecule has 0 unspecified atom stereocenters. The number of benzene rings is 1. The molecule has 1 aliphatic carbocycles. The van der Waals surface area contributed by atoms with E-state index < -0.39 is 49.3 Å². The Bertz CT molecular complexity index is 816. The zero-order chi connectivity index (χ0) is 17.4. The van der Waals surface area contributed by atoms with Crippen molar-refractivity contribution in [1.29, 1.82) is 0 Å². The predicted molar refractivity (Wildman–Crippen MR) is 77.9 cm³/mol. The summed E-state index contributed by atoms with van der Waals surface area (Å²) in [5.41, 5.74) is -1.17. The van der Waals surface area contributed by atoms with Crippen LogP contribution < -0.4 is 0 Å². The second-order valence-corrected chi connectivity index (χ2v) is 7.31. The Kier molecular flexibility index (Phi) is 6.15. The van der Waals surface area contributed by atoms with Gasteiger partial charge in [-0.25, -0.2) is 8.42 Å². The van der Waals surface area contributed by atoms with Crippen LogP contribution in [0.1, 0.15) is 29.6 Å². The fourth-order valence-corrected chi connectivity index (χ4v) is 3.10. The smallest absolute Gasteiger partial charge is 0.281 e. The Morgan fingerprint density at radius 1 is 1.21 bits per heavy atom. The fourth-order valence-electron chi connectivity index (χ4n) is 2.45. The molecule has 0 saturated heterocycles. The number of carbonyl (C=O) groups is 3. The number of nitro groups is 1. The van der Waals surface area contributed by atoms with Gasteiger partial charge in [0, 0.05) is 42.2 Å². The van der Waals surface area contributed by atoms with Crippen molar-refractivity contribution in [3.8, 4) is 0 Å². The van der Waals surface area contributed by atoms with E-state index in [1.165, 1.54) is 0 Å². The van der Waals surface area contributed by atoms with Crippen molar-refractivity contribution in [2.24, 2.45) is 5.92 Å². The molecule has 2 rings (SSSR count). The van der Waals surface area contributed by atoms with E-state index in [1.54, 1.807) is 0 Å². The van der Waals surface area contributed by atoms with Crippen LogP contribution in [0.5, 0.6) is 0 Å². The van der Waals surface area contributed by atoms with E-state index in [2.05, 4.69) is 0 Å². The Hall–Kier alpha value is -1.90. The summed E-state index contributed by atoms with van der Waals surface area (Å²) in [6.45, 7) is 0. The molecule has 8 nitrogen and oxygen atoms in total. The van der Waals surface area contributed by atoms with Crippen molar-refractivity contribution in [2.45, 2.75) is 24.2 Å². The molecule has 0 bridgehead atoms. The summed E-state index contributed by atoms with van der Waals surface area (Å²) in [6.07, 6.45) is 1.37. The van der Waals surface area contributed by atoms with E-state index in [4.69, 9.17) is 0 Å². The molecule has 0 aliphatic heterocycles. The Balaban J connectivity index is 0.00000288. The summed E-state index contributed by atoms with van der Waals surface area (Å²) in [5.74, 6) is -3.61. The van der Waals surface area contributed by atoms with Crippen LogP contribution in [0, 0.1) is 16.0 Å². The minimum atomic E-state index is -3.70. The van der Waals surface area contributed by atoms with Crippen molar-refractivity contribution in [2.75, 3.05) is 6.26 Å². The average Bonchev–Trinajstić information content (AvgIpc) is 2.45. The van der Waals surface area contributed by atoms with Gasteiger partial charge in [-0.3, -0.25) is 24.5 Å². The predicted octanol–water partition coefficient (Wildman–Crippen LogP) is 1.12. The van der Waals surface area contributed by atoms with Crippen molar-refractivity contribution >= 4 is 32.9 Å². The van der Waals surface area contributed by atoms with Crippen LogP contribution >= 0.6 is 0 Å². The maximum absolute atomic E-state index is 12.4. The quantitative estimate of drug-likeness (QED) is 0.246. The molecule has 0 spiro atoms. The van der Waals surface area contributed by atoms with Crippen LogP contribution in [0.3, 0.4) is 0 Å². The molecule has 1 fully saturated rings. The minimum absolute atomic E-state index is 0. The first kappa shape index (κ1) is 20.1. The van der Waals surface area contributed by atoms with Gasteiger partial charge in [-0.2, -0.15) is 0 Å². The van der Waals surface area contributed by atoms with E-state index in [0.717, 1.165) is 24.5 Å². The zero-order valence-corrected chi connectivity index (χ0v) is 14.4. The molecule has 24 heavy (non-hydrogen) atoms. The number of sulfone groups is 1. The van der Waals surface area contributed by atoms with Gasteiger partial charge in [-0.1, -0.05) is 0 Å². The summed E-state index contributed by atoms with van der Waals surface area (Å²) >= 11 is 0. The summed E-state index contributed by atoms with van der Waals surface area (Å²) in [4.78, 5) is 46.0. The summed E-state index contributed by atoms with van der Waals surface area (Å²) in [6, 6.07) is 2.79. The second-order valence-electron chi connectivity index (χ2n) is 5.29. The van der Waals surface area contributed by atoms with E-state index in [1.807, 2.05) is 0 Å². The van der Waals surface area contributed by atoms with Gasteiger partial charge in [0.05, 0.1) is 15.4 Å². The Morgan fingerprint density at radius 3 is 2.21 bits per heavy atom. The molecule has 10 heteroatoms. The molecule has 0 N–H and O–H groups in total. The van der Waals surface area contributed by atoms with Crippen LogP contribution in [0.25, 0.3) is 0 Å². The summed E-state index contributed by atoms with van der Waals surface area (Å²) in [5, 5.41) is 11.1. The molecule has 0 heterocycles. The van der Waals surface area contributed by atoms with Gasteiger partial charge >= 0.3 is 0 Å². The number of hydrogen-bond donors (Lipinski definition) is 0. The van der Waals surface area contributed by atoms with Crippen molar-refractivity contribution < 1.29 is 44.8 Å². The number of nitrogens with zero attached hydrogens (tertiary/aromatic N) is 1. The molecule has 1 saturated carbocycles. The normalized spacial score (nSPS) is 15.7. The molecule has 130 valence electrons. The minimum Gasteiger partial charge on any atom is -0.298 e. The maximum Gasteiger partial charge on any atom is 0.281 e. The Morgan fingerprint density at radius 2 is 1.75 bits per heavy atom. The third-order valence-corrected chi connectivity index (χ3v) is 4.72. The van der Waals surface area contributed by atoms with Gasteiger partial charge < -0.3 is 0 Å². The van der Waals surface area contributed by atoms with Crippen LogP contribution in [0.4, 0.5) is 5.69 Å². The fraction of sp³-hybridized carbons (Fsp3) is 0.357. The zero-order valence-electron chi connectivity index (χ0n) is 12.5. The second kappa shape index (κ2) is 7.33. The molecule has 1 aromatic carbocycles. The van der Waals surface area contributed by atoms with Crippen LogP contribution in [0.2, 0.25) is 0 Å². The van der Waals surface area contributed by atoms with Gasteiger partial charge in [0.15, 0.2) is 27.2 Å². The van der Waals surface area contributed by atoms with Gasteiger partial charge in [-0.15, -0.1) is 0 Å². The third kappa shape index (κ3) is 3.95. The third-order valence-electron chi connectivity index (χ3n) is 3.61. The number of Topliss-reactive ketones (excluding diaryl/α,β-unsaturated/α-hetero) is 3. The van der Waals surface area contributed by atoms with Gasteiger partial charge in [0.2, 0.25) is 0 Å². The number of nitro benzene ring substituents is 1. The number of ketones is 3. The molecule has 0 atom stereocenters. The first-order valence-electron chi connectivity index (χ1n) is 6.71. The van der Waals surface area contributed by atoms with Gasteiger partial charge in [-0.05, 0) is 18.6 Å². The summed E-state index contributed by atoms with van der Waals surface area (Å²) < 4.78 is 23.0. The van der Waals surface area contributed by atoms with Crippen molar-refractivity contribution in [3.63, 3.8) is 0 Å². The number of hydrogen-bond acceptors (Lipinski definition) is 7. The van der Waals surface area contributed by atoms with E-state index in [0.29, 0.717) is 6.42 Å². The Labute approximate surface area is 148 Å². The van der Waals surface area contributed by atoms with Crippen LogP contribution in [-0.2, 0) is 36.5 Å². The standard InChI is InChI=1S/C14H13NO7S.Fe/c1-23(21,22)8-5-6-9(10(7-8)15(19)20)14(18)13-11(16)3-2-4-12(13)17;/h5-7,13H,2-4H2,1H3;. The number of carbonyl (C=O) groups excluding carboxylic acids is 3. The van der Waals surface area contributed by atoms with E-state index >= 15 is 0 Å². The first-order valence-corrected chi connectivity index (χ1v) is 8.60. The number of rotatable bonds is 4. The molecule has 0 amide bonds. The van der Waals surface area contributed by atoms with Crippen LogP contribution in [-0.4, -0.2) is 36.9 Å². The van der Waals surface area contributed by atoms with Crippen LogP contribution in [0.15, 0.2) is 23.1 Å². The SMILES string of the molecule is CS(=O)(=O)c1ccc(C(=O)C2C(=O)CCCC2=O)c([N+](=O)[O-])c1.[Fe]. The summed E-state index contributed by atoms with van der Waals surface area (Å²) in [7, 11) is -3.70. The molecular formula is C14H13FeNO7S. The van der Waals surface area contributed by atoms with Gasteiger partial charge in [0.25, 0.3) is 5.69 Å². The van der Waals surface area contributed by atoms with Crippen molar-refractivity contribution in [1.82, 2.24) is 0 Å². The topological polar surface area (TPSA) is 128 Å². The molecule has 0 aromatic heterocycles. The average molecular weight is 395 g/mol. The molecule has 0 radical (unpaired) electrons. The van der Waals surface area contributed by atoms with Gasteiger partial charge in [0.1, 0.15) is 5.92 Å². The van der Waals surface area contributed by atoms with Crippen molar-refractivity contribution in [3.05, 3.63) is 33.9 Å². The maximum atomic E-state index is 12.4. The first-order chi connectivity index (χ1) is 10.6. The van der Waals surface area contributed by atoms with E-state index in [-0.39, 0.29) is 34.8 Å².